The molecule has 0 aliphatic carbocycles. The standard InChI is InChI=1S/C27H44N2/c1-4-5-6-7-8-9-10-11-12-16-22-27-28-26(23-29(27)24(2)3)21-17-20-25-18-14-13-15-19-25/h13-15,18-19,23-24H,4-12,16-17,20-22H2,1-3H3. The van der Waals surface area contributed by atoms with E-state index in [2.05, 4.69) is 61.9 Å². The van der Waals surface area contributed by atoms with Crippen molar-refractivity contribution in [1.29, 1.82) is 0 Å². The minimum Gasteiger partial charge on any atom is -0.332 e. The molecule has 1 aromatic carbocycles. The van der Waals surface area contributed by atoms with Crippen molar-refractivity contribution in [2.24, 2.45) is 0 Å². The molecule has 162 valence electrons. The Balaban J connectivity index is 1.65. The van der Waals surface area contributed by atoms with E-state index in [4.69, 9.17) is 4.98 Å². The van der Waals surface area contributed by atoms with Crippen molar-refractivity contribution in [2.75, 3.05) is 0 Å². The van der Waals surface area contributed by atoms with Gasteiger partial charge in [0, 0.05) is 18.7 Å². The second kappa shape index (κ2) is 14.4. The highest BCUT2D eigenvalue weighted by Crippen LogP contribution is 2.17. The lowest BCUT2D eigenvalue weighted by Gasteiger charge is -2.11. The Morgan fingerprint density at radius 2 is 1.34 bits per heavy atom. The maximum atomic E-state index is 5.00. The van der Waals surface area contributed by atoms with Gasteiger partial charge in [-0.1, -0.05) is 95.0 Å². The van der Waals surface area contributed by atoms with Crippen LogP contribution in [0.15, 0.2) is 36.5 Å². The minimum absolute atomic E-state index is 0.503. The smallest absolute Gasteiger partial charge is 0.109 e. The predicted molar refractivity (Wildman–Crippen MR) is 127 cm³/mol. The van der Waals surface area contributed by atoms with E-state index in [1.54, 1.807) is 0 Å². The highest BCUT2D eigenvalue weighted by atomic mass is 15.1. The molecule has 0 saturated heterocycles. The van der Waals surface area contributed by atoms with Crippen molar-refractivity contribution in [3.05, 3.63) is 53.6 Å². The van der Waals surface area contributed by atoms with E-state index >= 15 is 0 Å². The molecule has 0 unspecified atom stereocenters. The highest BCUT2D eigenvalue weighted by molar-refractivity contribution is 5.15. The zero-order chi connectivity index (χ0) is 20.7. The fourth-order valence-corrected chi connectivity index (χ4v) is 4.13. The highest BCUT2D eigenvalue weighted by Gasteiger charge is 2.10. The molecule has 2 aromatic rings. The molecule has 1 heterocycles. The van der Waals surface area contributed by atoms with E-state index in [9.17, 15) is 0 Å². The fraction of sp³-hybridized carbons (Fsp3) is 0.667. The van der Waals surface area contributed by atoms with E-state index in [0.29, 0.717) is 6.04 Å². The zero-order valence-electron chi connectivity index (χ0n) is 19.3. The molecule has 0 spiro atoms. The van der Waals surface area contributed by atoms with Gasteiger partial charge in [-0.25, -0.2) is 4.98 Å². The molecule has 0 aliphatic heterocycles. The molecule has 0 N–H and O–H groups in total. The van der Waals surface area contributed by atoms with Crippen LogP contribution in [0.5, 0.6) is 0 Å². The molecule has 0 fully saturated rings. The van der Waals surface area contributed by atoms with E-state index in [0.717, 1.165) is 19.3 Å². The number of nitrogens with zero attached hydrogens (tertiary/aromatic N) is 2. The lowest BCUT2D eigenvalue weighted by Crippen LogP contribution is -2.05. The summed E-state index contributed by atoms with van der Waals surface area (Å²) in [5.74, 6) is 1.30. The number of hydrogen-bond donors (Lipinski definition) is 0. The van der Waals surface area contributed by atoms with Gasteiger partial charge >= 0.3 is 0 Å². The summed E-state index contributed by atoms with van der Waals surface area (Å²) >= 11 is 0. The summed E-state index contributed by atoms with van der Waals surface area (Å²) in [5, 5.41) is 0. The fourth-order valence-electron chi connectivity index (χ4n) is 4.13. The number of hydrogen-bond acceptors (Lipinski definition) is 1. The third-order valence-electron chi connectivity index (χ3n) is 5.91. The van der Waals surface area contributed by atoms with Gasteiger partial charge < -0.3 is 4.57 Å². The topological polar surface area (TPSA) is 17.8 Å². The molecule has 0 atom stereocenters. The van der Waals surface area contributed by atoms with Crippen molar-refractivity contribution < 1.29 is 0 Å². The molecule has 2 rings (SSSR count). The maximum absolute atomic E-state index is 5.00. The van der Waals surface area contributed by atoms with E-state index in [-0.39, 0.29) is 0 Å². The van der Waals surface area contributed by atoms with Crippen LogP contribution < -0.4 is 0 Å². The van der Waals surface area contributed by atoms with Crippen LogP contribution in [0.3, 0.4) is 0 Å². The summed E-state index contributed by atoms with van der Waals surface area (Å²) in [5.41, 5.74) is 2.71. The number of imidazole rings is 1. The van der Waals surface area contributed by atoms with Gasteiger partial charge in [0.15, 0.2) is 0 Å². The Morgan fingerprint density at radius 3 is 1.97 bits per heavy atom. The molecule has 0 radical (unpaired) electrons. The second-order valence-electron chi connectivity index (χ2n) is 8.92. The second-order valence-corrected chi connectivity index (χ2v) is 8.92. The van der Waals surface area contributed by atoms with E-state index in [1.165, 1.54) is 87.7 Å². The van der Waals surface area contributed by atoms with Crippen LogP contribution >= 0.6 is 0 Å². The van der Waals surface area contributed by atoms with Crippen molar-refractivity contribution in [1.82, 2.24) is 9.55 Å². The van der Waals surface area contributed by atoms with Crippen LogP contribution in [0.1, 0.15) is 115 Å². The number of rotatable bonds is 16. The average molecular weight is 397 g/mol. The first-order valence-corrected chi connectivity index (χ1v) is 12.3. The van der Waals surface area contributed by atoms with Crippen LogP contribution in [0, 0.1) is 0 Å². The molecular weight excluding hydrogens is 352 g/mol. The van der Waals surface area contributed by atoms with Gasteiger partial charge in [-0.15, -0.1) is 0 Å². The Bertz CT molecular complexity index is 642. The molecule has 0 amide bonds. The Labute approximate surface area is 180 Å². The van der Waals surface area contributed by atoms with Crippen molar-refractivity contribution in [3.63, 3.8) is 0 Å². The van der Waals surface area contributed by atoms with E-state index in [1.807, 2.05) is 0 Å². The molecular formula is C27H44N2. The predicted octanol–water partition coefficient (Wildman–Crippen LogP) is 8.10. The van der Waals surface area contributed by atoms with Crippen molar-refractivity contribution >= 4 is 0 Å². The van der Waals surface area contributed by atoms with E-state index < -0.39 is 0 Å². The number of aromatic nitrogens is 2. The maximum Gasteiger partial charge on any atom is 0.109 e. The van der Waals surface area contributed by atoms with Gasteiger partial charge in [-0.3, -0.25) is 0 Å². The molecule has 2 heteroatoms. The lowest BCUT2D eigenvalue weighted by atomic mass is 10.1. The molecule has 0 saturated carbocycles. The van der Waals surface area contributed by atoms with Crippen LogP contribution in [-0.4, -0.2) is 9.55 Å². The minimum atomic E-state index is 0.503. The SMILES string of the molecule is CCCCCCCCCCCCc1nc(CCCc2ccccc2)cn1C(C)C. The zero-order valence-corrected chi connectivity index (χ0v) is 19.3. The number of unbranched alkanes of at least 4 members (excludes halogenated alkanes) is 9. The Morgan fingerprint density at radius 1 is 0.724 bits per heavy atom. The van der Waals surface area contributed by atoms with Crippen LogP contribution in [0.4, 0.5) is 0 Å². The largest absolute Gasteiger partial charge is 0.332 e. The summed E-state index contributed by atoms with van der Waals surface area (Å²) in [7, 11) is 0. The third-order valence-corrected chi connectivity index (χ3v) is 5.91. The first-order valence-electron chi connectivity index (χ1n) is 12.3. The number of aryl methyl sites for hydroxylation is 3. The summed E-state index contributed by atoms with van der Waals surface area (Å²) in [6, 6.07) is 11.3. The molecule has 1 aromatic heterocycles. The van der Waals surface area contributed by atoms with Gasteiger partial charge in [-0.05, 0) is 45.1 Å². The summed E-state index contributed by atoms with van der Waals surface area (Å²) in [6.45, 7) is 6.84. The van der Waals surface area contributed by atoms with Crippen molar-refractivity contribution in [3.8, 4) is 0 Å². The summed E-state index contributed by atoms with van der Waals surface area (Å²) in [6.07, 6.45) is 20.8. The molecule has 29 heavy (non-hydrogen) atoms. The first kappa shape index (κ1) is 23.7. The quantitative estimate of drug-likeness (QED) is 0.262. The van der Waals surface area contributed by atoms with Crippen molar-refractivity contribution in [2.45, 2.75) is 117 Å². The average Bonchev–Trinajstić information content (AvgIpc) is 3.13. The summed E-state index contributed by atoms with van der Waals surface area (Å²) in [4.78, 5) is 5.00. The number of benzene rings is 1. The molecule has 0 aliphatic rings. The lowest BCUT2D eigenvalue weighted by molar-refractivity contribution is 0.534. The molecule has 0 bridgehead atoms. The molecule has 2 nitrogen and oxygen atoms in total. The third kappa shape index (κ3) is 9.65. The van der Waals surface area contributed by atoms with Gasteiger partial charge in [0.25, 0.3) is 0 Å². The Kier molecular flexibility index (Phi) is 11.8. The first-order chi connectivity index (χ1) is 14.2. The monoisotopic (exact) mass is 396 g/mol. The van der Waals surface area contributed by atoms with Crippen LogP contribution in [0.2, 0.25) is 0 Å². The van der Waals surface area contributed by atoms with Gasteiger partial charge in [0.2, 0.25) is 0 Å². The normalized spacial score (nSPS) is 11.4. The van der Waals surface area contributed by atoms with Gasteiger partial charge in [-0.2, -0.15) is 0 Å². The van der Waals surface area contributed by atoms with Gasteiger partial charge in [0.05, 0.1) is 5.69 Å². The van der Waals surface area contributed by atoms with Crippen LogP contribution in [-0.2, 0) is 19.3 Å². The Hall–Kier alpha value is -1.57. The summed E-state index contributed by atoms with van der Waals surface area (Å²) < 4.78 is 2.41. The van der Waals surface area contributed by atoms with Crippen LogP contribution in [0.25, 0.3) is 0 Å². The van der Waals surface area contributed by atoms with Gasteiger partial charge in [0.1, 0.15) is 5.82 Å².